The lowest BCUT2D eigenvalue weighted by Crippen LogP contribution is -2.36. The van der Waals surface area contributed by atoms with E-state index in [9.17, 15) is 0 Å². The molecule has 70 valence electrons. The number of hydrogen-bond donors (Lipinski definition) is 3. The Morgan fingerprint density at radius 3 is 2.69 bits per heavy atom. The highest BCUT2D eigenvalue weighted by Crippen LogP contribution is 2.20. The van der Waals surface area contributed by atoms with Crippen LogP contribution in [0, 0.1) is 6.92 Å². The first kappa shape index (κ1) is 10.0. The molecule has 0 fully saturated rings. The highest BCUT2D eigenvalue weighted by molar-refractivity contribution is 9.10. The van der Waals surface area contributed by atoms with E-state index in [2.05, 4.69) is 26.3 Å². The van der Waals surface area contributed by atoms with Gasteiger partial charge < -0.3 is 5.73 Å². The molecule has 5 N–H and O–H groups in total. The number of guanidine groups is 1. The van der Waals surface area contributed by atoms with E-state index in [-0.39, 0.29) is 5.96 Å². The van der Waals surface area contributed by atoms with Gasteiger partial charge in [-0.05, 0) is 30.7 Å². The zero-order valence-corrected chi connectivity index (χ0v) is 8.80. The Balaban J connectivity index is 3.02. The fraction of sp³-hybridized carbons (Fsp3) is 0.125. The molecule has 1 aromatic carbocycles. The van der Waals surface area contributed by atoms with Crippen LogP contribution in [-0.2, 0) is 0 Å². The molecule has 0 radical (unpaired) electrons. The molecule has 1 rings (SSSR count). The highest BCUT2D eigenvalue weighted by Gasteiger charge is 1.95. The summed E-state index contributed by atoms with van der Waals surface area (Å²) < 4.78 is 0.969. The van der Waals surface area contributed by atoms with Crippen molar-refractivity contribution in [2.24, 2.45) is 16.6 Å². The quantitative estimate of drug-likeness (QED) is 0.300. The maximum Gasteiger partial charge on any atom is 0.208 e. The van der Waals surface area contributed by atoms with E-state index in [4.69, 9.17) is 11.6 Å². The smallest absolute Gasteiger partial charge is 0.208 e. The number of hydrazine groups is 1. The number of halogens is 1. The van der Waals surface area contributed by atoms with Crippen LogP contribution in [-0.4, -0.2) is 5.96 Å². The van der Waals surface area contributed by atoms with Gasteiger partial charge in [0.1, 0.15) is 0 Å². The standard InChI is InChI=1S/C8H11BrN4/c1-5-2-6(9)4-7(3-5)12-8(10)13-11/h2-4H,11H2,1H3,(H3,10,12,13). The fourth-order valence-corrected chi connectivity index (χ4v) is 1.55. The molecule has 5 heteroatoms. The van der Waals surface area contributed by atoms with Crippen LogP contribution in [0.4, 0.5) is 5.69 Å². The molecule has 0 aliphatic heterocycles. The lowest BCUT2D eigenvalue weighted by Gasteiger charge is -2.00. The van der Waals surface area contributed by atoms with Crippen molar-refractivity contribution in [3.8, 4) is 0 Å². The van der Waals surface area contributed by atoms with Crippen molar-refractivity contribution in [2.45, 2.75) is 6.92 Å². The van der Waals surface area contributed by atoms with Crippen LogP contribution in [0.1, 0.15) is 5.56 Å². The second kappa shape index (κ2) is 4.25. The summed E-state index contributed by atoms with van der Waals surface area (Å²) in [6, 6.07) is 5.76. The van der Waals surface area contributed by atoms with Crippen molar-refractivity contribution in [1.82, 2.24) is 5.43 Å². The zero-order chi connectivity index (χ0) is 9.84. The second-order valence-electron chi connectivity index (χ2n) is 2.63. The van der Waals surface area contributed by atoms with Gasteiger partial charge in [-0.15, -0.1) is 0 Å². The third kappa shape index (κ3) is 3.04. The summed E-state index contributed by atoms with van der Waals surface area (Å²) in [5.74, 6) is 5.27. The third-order valence-corrected chi connectivity index (χ3v) is 1.88. The second-order valence-corrected chi connectivity index (χ2v) is 3.54. The van der Waals surface area contributed by atoms with Crippen molar-refractivity contribution in [1.29, 1.82) is 0 Å². The summed E-state index contributed by atoms with van der Waals surface area (Å²) in [7, 11) is 0. The van der Waals surface area contributed by atoms with Gasteiger partial charge in [0, 0.05) is 4.47 Å². The summed E-state index contributed by atoms with van der Waals surface area (Å²) in [5, 5.41) is 0. The summed E-state index contributed by atoms with van der Waals surface area (Å²) in [4.78, 5) is 4.03. The van der Waals surface area contributed by atoms with E-state index in [1.807, 2.05) is 25.1 Å². The van der Waals surface area contributed by atoms with Crippen LogP contribution in [0.15, 0.2) is 27.7 Å². The van der Waals surface area contributed by atoms with E-state index in [0.717, 1.165) is 15.7 Å². The van der Waals surface area contributed by atoms with Gasteiger partial charge in [0.15, 0.2) is 0 Å². The molecule has 13 heavy (non-hydrogen) atoms. The summed E-state index contributed by atoms with van der Waals surface area (Å²) in [6.07, 6.45) is 0. The number of nitrogens with two attached hydrogens (primary N) is 2. The van der Waals surface area contributed by atoms with Crippen LogP contribution < -0.4 is 17.0 Å². The van der Waals surface area contributed by atoms with Crippen molar-refractivity contribution < 1.29 is 0 Å². The number of nitrogens with one attached hydrogen (secondary N) is 1. The number of hydrogen-bond acceptors (Lipinski definition) is 2. The Bertz CT molecular complexity index is 315. The van der Waals surface area contributed by atoms with Crippen molar-refractivity contribution >= 4 is 27.6 Å². The average Bonchev–Trinajstić information content (AvgIpc) is 2.02. The summed E-state index contributed by atoms with van der Waals surface area (Å²) in [6.45, 7) is 1.98. The van der Waals surface area contributed by atoms with E-state index in [1.54, 1.807) is 0 Å². The molecule has 0 spiro atoms. The SMILES string of the molecule is Cc1cc(Br)cc(N=C(N)NN)c1. The number of benzene rings is 1. The minimum absolute atomic E-state index is 0.192. The van der Waals surface area contributed by atoms with Gasteiger partial charge in [0.2, 0.25) is 5.96 Å². The largest absolute Gasteiger partial charge is 0.369 e. The van der Waals surface area contributed by atoms with Crippen LogP contribution in [0.25, 0.3) is 0 Å². The molecule has 0 saturated carbocycles. The predicted molar refractivity (Wildman–Crippen MR) is 57.5 cm³/mol. The Kier molecular flexibility index (Phi) is 3.27. The molecule has 1 aromatic rings. The van der Waals surface area contributed by atoms with Crippen LogP contribution in [0.5, 0.6) is 0 Å². The number of aliphatic imine (C=N–C) groups is 1. The molecule has 0 bridgehead atoms. The topological polar surface area (TPSA) is 76.4 Å². The van der Waals surface area contributed by atoms with Gasteiger partial charge in [-0.2, -0.15) is 0 Å². The van der Waals surface area contributed by atoms with E-state index in [0.29, 0.717) is 0 Å². The van der Waals surface area contributed by atoms with E-state index < -0.39 is 0 Å². The van der Waals surface area contributed by atoms with Crippen molar-refractivity contribution in [3.63, 3.8) is 0 Å². The Morgan fingerprint density at radius 2 is 2.15 bits per heavy atom. The molecular formula is C8H11BrN4. The molecule has 0 saturated heterocycles. The lowest BCUT2D eigenvalue weighted by molar-refractivity contribution is 1.01. The minimum Gasteiger partial charge on any atom is -0.369 e. The van der Waals surface area contributed by atoms with Crippen molar-refractivity contribution in [2.75, 3.05) is 0 Å². The van der Waals surface area contributed by atoms with Gasteiger partial charge in [-0.3, -0.25) is 5.43 Å². The maximum atomic E-state index is 5.40. The number of nitrogens with zero attached hydrogens (tertiary/aromatic N) is 1. The number of aryl methyl sites for hydroxylation is 1. The van der Waals surface area contributed by atoms with Gasteiger partial charge in [0.05, 0.1) is 5.69 Å². The van der Waals surface area contributed by atoms with E-state index >= 15 is 0 Å². The van der Waals surface area contributed by atoms with Gasteiger partial charge in [-0.1, -0.05) is 15.9 Å². The number of rotatable bonds is 1. The van der Waals surface area contributed by atoms with Crippen LogP contribution in [0.2, 0.25) is 0 Å². The van der Waals surface area contributed by atoms with Gasteiger partial charge in [-0.25, -0.2) is 10.8 Å². The Labute approximate surface area is 85.1 Å². The first-order chi connectivity index (χ1) is 6.11. The molecule has 0 aliphatic rings. The van der Waals surface area contributed by atoms with Gasteiger partial charge in [0.25, 0.3) is 0 Å². The average molecular weight is 243 g/mol. The molecule has 4 nitrogen and oxygen atoms in total. The van der Waals surface area contributed by atoms with Crippen LogP contribution >= 0.6 is 15.9 Å². The molecule has 0 atom stereocenters. The van der Waals surface area contributed by atoms with Crippen molar-refractivity contribution in [3.05, 3.63) is 28.2 Å². The molecule has 0 unspecified atom stereocenters. The zero-order valence-electron chi connectivity index (χ0n) is 7.21. The Morgan fingerprint density at radius 1 is 1.46 bits per heavy atom. The molecule has 0 amide bonds. The first-order valence-electron chi connectivity index (χ1n) is 3.70. The molecule has 0 aliphatic carbocycles. The van der Waals surface area contributed by atoms with E-state index in [1.165, 1.54) is 0 Å². The minimum atomic E-state index is 0.192. The highest BCUT2D eigenvalue weighted by atomic mass is 79.9. The monoisotopic (exact) mass is 242 g/mol. The van der Waals surface area contributed by atoms with Gasteiger partial charge >= 0.3 is 0 Å². The molecule has 0 aromatic heterocycles. The lowest BCUT2D eigenvalue weighted by atomic mass is 10.2. The fourth-order valence-electron chi connectivity index (χ4n) is 0.953. The summed E-state index contributed by atoms with van der Waals surface area (Å²) in [5.41, 5.74) is 9.54. The molecule has 0 heterocycles. The first-order valence-corrected chi connectivity index (χ1v) is 4.49. The maximum absolute atomic E-state index is 5.40. The molecular weight excluding hydrogens is 232 g/mol. The Hall–Kier alpha value is -1.07. The normalized spacial score (nSPS) is 11.5. The predicted octanol–water partition coefficient (Wildman–Crippen LogP) is 1.17. The van der Waals surface area contributed by atoms with Crippen LogP contribution in [0.3, 0.4) is 0 Å². The third-order valence-electron chi connectivity index (χ3n) is 1.42. The summed E-state index contributed by atoms with van der Waals surface area (Å²) >= 11 is 3.36.